The second-order valence-corrected chi connectivity index (χ2v) is 4.29. The van der Waals surface area contributed by atoms with E-state index in [1.165, 1.54) is 0 Å². The molecule has 2 N–H and O–H groups in total. The first-order valence-electron chi connectivity index (χ1n) is 5.54. The van der Waals surface area contributed by atoms with Crippen LogP contribution in [0.25, 0.3) is 23.0 Å². The zero-order chi connectivity index (χ0) is 13.2. The van der Waals surface area contributed by atoms with Gasteiger partial charge in [0.15, 0.2) is 0 Å². The number of nitrogens with zero attached hydrogens (tertiary/aromatic N) is 3. The first-order chi connectivity index (χ1) is 9.24. The number of pyridine rings is 1. The molecule has 19 heavy (non-hydrogen) atoms. The maximum Gasteiger partial charge on any atom is 0.258 e. The minimum Gasteiger partial charge on any atom is -0.399 e. The van der Waals surface area contributed by atoms with Crippen molar-refractivity contribution < 1.29 is 4.52 Å². The van der Waals surface area contributed by atoms with E-state index in [1.807, 2.05) is 12.1 Å². The largest absolute Gasteiger partial charge is 0.399 e. The van der Waals surface area contributed by atoms with Crippen molar-refractivity contribution in [2.45, 2.75) is 0 Å². The molecule has 0 bridgehead atoms. The Morgan fingerprint density at radius 3 is 2.63 bits per heavy atom. The Balaban J connectivity index is 2.00. The molecule has 0 spiro atoms. The maximum atomic E-state index is 6.03. The number of aromatic nitrogens is 3. The van der Waals surface area contributed by atoms with Gasteiger partial charge in [-0.15, -0.1) is 0 Å². The average molecular weight is 273 g/mol. The quantitative estimate of drug-likeness (QED) is 0.726. The highest BCUT2D eigenvalue weighted by Crippen LogP contribution is 2.25. The van der Waals surface area contributed by atoms with E-state index in [-0.39, 0.29) is 0 Å². The minimum absolute atomic E-state index is 0.359. The van der Waals surface area contributed by atoms with Crippen LogP contribution < -0.4 is 5.73 Å². The van der Waals surface area contributed by atoms with Crippen LogP contribution >= 0.6 is 11.6 Å². The number of nitrogen functional groups attached to an aromatic ring is 1. The second kappa shape index (κ2) is 4.70. The molecule has 0 aliphatic heterocycles. The van der Waals surface area contributed by atoms with Crippen LogP contribution in [0.4, 0.5) is 5.69 Å². The fourth-order valence-electron chi connectivity index (χ4n) is 1.61. The molecule has 0 amide bonds. The Hall–Kier alpha value is -2.40. The monoisotopic (exact) mass is 272 g/mol. The molecule has 0 aliphatic rings. The van der Waals surface area contributed by atoms with Gasteiger partial charge < -0.3 is 10.3 Å². The highest BCUT2D eigenvalue weighted by atomic mass is 35.5. The topological polar surface area (TPSA) is 77.8 Å². The van der Waals surface area contributed by atoms with Gasteiger partial charge in [0.25, 0.3) is 5.89 Å². The van der Waals surface area contributed by atoms with Crippen molar-refractivity contribution in [3.05, 3.63) is 47.6 Å². The number of halogens is 1. The summed E-state index contributed by atoms with van der Waals surface area (Å²) in [6.07, 6.45) is 1.63. The first kappa shape index (κ1) is 11.7. The fourth-order valence-corrected chi connectivity index (χ4v) is 1.82. The van der Waals surface area contributed by atoms with E-state index in [4.69, 9.17) is 21.9 Å². The molecule has 3 rings (SSSR count). The summed E-state index contributed by atoms with van der Waals surface area (Å²) in [6.45, 7) is 0. The van der Waals surface area contributed by atoms with Gasteiger partial charge in [-0.2, -0.15) is 4.98 Å². The summed E-state index contributed by atoms with van der Waals surface area (Å²) in [5, 5.41) is 4.36. The van der Waals surface area contributed by atoms with E-state index < -0.39 is 0 Å². The predicted octanol–water partition coefficient (Wildman–Crippen LogP) is 3.03. The lowest BCUT2D eigenvalue weighted by molar-refractivity contribution is 0.432. The highest BCUT2D eigenvalue weighted by Gasteiger charge is 2.13. The van der Waals surface area contributed by atoms with Crippen molar-refractivity contribution in [1.82, 2.24) is 15.1 Å². The van der Waals surface area contributed by atoms with Crippen molar-refractivity contribution in [1.29, 1.82) is 0 Å². The van der Waals surface area contributed by atoms with Gasteiger partial charge in [-0.25, -0.2) is 0 Å². The van der Waals surface area contributed by atoms with Gasteiger partial charge in [0.1, 0.15) is 5.69 Å². The Labute approximate surface area is 114 Å². The minimum atomic E-state index is 0.359. The normalized spacial score (nSPS) is 10.6. The number of hydrogen-bond donors (Lipinski definition) is 1. The lowest BCUT2D eigenvalue weighted by atomic mass is 10.2. The number of hydrogen-bond acceptors (Lipinski definition) is 5. The van der Waals surface area contributed by atoms with Crippen LogP contribution in [0.5, 0.6) is 0 Å². The second-order valence-electron chi connectivity index (χ2n) is 3.88. The van der Waals surface area contributed by atoms with Crippen LogP contribution in [0.3, 0.4) is 0 Å². The third-order valence-corrected chi connectivity index (χ3v) is 2.86. The summed E-state index contributed by atoms with van der Waals surface area (Å²) in [4.78, 5) is 8.41. The maximum absolute atomic E-state index is 6.03. The van der Waals surface area contributed by atoms with Crippen LogP contribution in [0, 0.1) is 0 Å². The Morgan fingerprint density at radius 2 is 1.89 bits per heavy atom. The van der Waals surface area contributed by atoms with E-state index in [1.54, 1.807) is 30.5 Å². The van der Waals surface area contributed by atoms with E-state index in [0.717, 1.165) is 5.56 Å². The molecule has 0 atom stereocenters. The molecule has 2 heterocycles. The van der Waals surface area contributed by atoms with E-state index in [2.05, 4.69) is 15.1 Å². The smallest absolute Gasteiger partial charge is 0.258 e. The van der Waals surface area contributed by atoms with Crippen molar-refractivity contribution >= 4 is 17.3 Å². The van der Waals surface area contributed by atoms with Gasteiger partial charge in [0.2, 0.25) is 5.82 Å². The summed E-state index contributed by atoms with van der Waals surface area (Å²) in [5.41, 5.74) is 7.59. The summed E-state index contributed by atoms with van der Waals surface area (Å²) in [6, 6.07) is 10.6. The molecule has 0 unspecified atom stereocenters. The number of nitrogens with two attached hydrogens (primary N) is 1. The van der Waals surface area contributed by atoms with Gasteiger partial charge >= 0.3 is 0 Å². The lowest BCUT2D eigenvalue weighted by Gasteiger charge is -1.95. The molecule has 0 saturated carbocycles. The molecule has 6 heteroatoms. The molecule has 94 valence electrons. The van der Waals surface area contributed by atoms with Crippen LogP contribution in [0.15, 0.2) is 47.1 Å². The van der Waals surface area contributed by atoms with Crippen molar-refractivity contribution in [2.75, 3.05) is 5.73 Å². The number of rotatable bonds is 2. The van der Waals surface area contributed by atoms with Gasteiger partial charge in [0, 0.05) is 17.4 Å². The van der Waals surface area contributed by atoms with Gasteiger partial charge in [-0.1, -0.05) is 16.8 Å². The average Bonchev–Trinajstić information content (AvgIpc) is 2.89. The zero-order valence-electron chi connectivity index (χ0n) is 9.75. The van der Waals surface area contributed by atoms with Crippen molar-refractivity contribution in [3.63, 3.8) is 0 Å². The number of anilines is 1. The summed E-state index contributed by atoms with van der Waals surface area (Å²) < 4.78 is 5.20. The Bertz CT molecular complexity index is 709. The highest BCUT2D eigenvalue weighted by molar-refractivity contribution is 6.32. The van der Waals surface area contributed by atoms with E-state index >= 15 is 0 Å². The molecule has 2 aromatic heterocycles. The fraction of sp³-hybridized carbons (Fsp3) is 0. The Morgan fingerprint density at radius 1 is 1.11 bits per heavy atom. The molecule has 5 nitrogen and oxygen atoms in total. The van der Waals surface area contributed by atoms with Crippen LogP contribution in [0.1, 0.15) is 0 Å². The molecule has 3 aromatic rings. The molecule has 0 fully saturated rings. The summed E-state index contributed by atoms with van der Waals surface area (Å²) >= 11 is 6.03. The van der Waals surface area contributed by atoms with Gasteiger partial charge in [-0.3, -0.25) is 4.98 Å². The predicted molar refractivity (Wildman–Crippen MR) is 72.4 cm³/mol. The molecular weight excluding hydrogens is 264 g/mol. The standard InChI is InChI=1S/C13H9ClN4O/c14-10-2-1-7-16-11(10)12-17-13(19-18-12)8-3-5-9(15)6-4-8/h1-7H,15H2. The van der Waals surface area contributed by atoms with Gasteiger partial charge in [0.05, 0.1) is 5.02 Å². The molecule has 1 aromatic carbocycles. The van der Waals surface area contributed by atoms with Crippen LogP contribution in [-0.2, 0) is 0 Å². The third-order valence-electron chi connectivity index (χ3n) is 2.55. The SMILES string of the molecule is Nc1ccc(-c2nc(-c3ncccc3Cl)no2)cc1. The lowest BCUT2D eigenvalue weighted by Crippen LogP contribution is -1.87. The zero-order valence-corrected chi connectivity index (χ0v) is 10.5. The van der Waals surface area contributed by atoms with Gasteiger partial charge in [-0.05, 0) is 36.4 Å². The van der Waals surface area contributed by atoms with Crippen molar-refractivity contribution in [2.24, 2.45) is 0 Å². The molecule has 0 saturated heterocycles. The molecular formula is C13H9ClN4O. The first-order valence-corrected chi connectivity index (χ1v) is 5.92. The van der Waals surface area contributed by atoms with Crippen molar-refractivity contribution in [3.8, 4) is 23.0 Å². The van der Waals surface area contributed by atoms with E-state index in [9.17, 15) is 0 Å². The van der Waals surface area contributed by atoms with E-state index in [0.29, 0.717) is 28.1 Å². The Kier molecular flexibility index (Phi) is 2.89. The van der Waals surface area contributed by atoms with Crippen LogP contribution in [0.2, 0.25) is 5.02 Å². The van der Waals surface area contributed by atoms with Crippen LogP contribution in [-0.4, -0.2) is 15.1 Å². The summed E-state index contributed by atoms with van der Waals surface area (Å²) in [5.74, 6) is 0.758. The molecule has 0 radical (unpaired) electrons. The number of benzene rings is 1. The third kappa shape index (κ3) is 2.28. The molecule has 0 aliphatic carbocycles. The summed E-state index contributed by atoms with van der Waals surface area (Å²) in [7, 11) is 0.